The van der Waals surface area contributed by atoms with Crippen LogP contribution < -0.4 is 0 Å². The molecule has 1 aromatic heterocycles. The Kier molecular flexibility index (Phi) is 3.97. The van der Waals surface area contributed by atoms with Crippen molar-refractivity contribution in [2.75, 3.05) is 0 Å². The van der Waals surface area contributed by atoms with Gasteiger partial charge in [-0.2, -0.15) is 0 Å². The van der Waals surface area contributed by atoms with Gasteiger partial charge in [0.05, 0.1) is 0 Å². The summed E-state index contributed by atoms with van der Waals surface area (Å²) >= 11 is 3.45. The van der Waals surface area contributed by atoms with E-state index in [1.54, 1.807) is 6.20 Å². The number of aromatic nitrogens is 2. The van der Waals surface area contributed by atoms with Gasteiger partial charge in [0.15, 0.2) is 0 Å². The van der Waals surface area contributed by atoms with E-state index in [1.165, 1.54) is 0 Å². The average molecular weight is 295 g/mol. The fourth-order valence-electron chi connectivity index (χ4n) is 1.83. The third-order valence-electron chi connectivity index (χ3n) is 2.66. The molecule has 4 heteroatoms. The maximum Gasteiger partial charge on any atom is 0.142 e. The fraction of sp³-hybridized carbons (Fsp3) is 0.308. The molecular weight excluding hydrogens is 280 g/mol. The molecule has 1 atom stereocenters. The van der Waals surface area contributed by atoms with Crippen LogP contribution in [-0.4, -0.2) is 14.7 Å². The highest BCUT2D eigenvalue weighted by atomic mass is 79.9. The minimum absolute atomic E-state index is 0.688. The number of hydrogen-bond donors (Lipinski definition) is 1. The topological polar surface area (TPSA) is 38.0 Å². The third-order valence-corrected chi connectivity index (χ3v) is 3.38. The van der Waals surface area contributed by atoms with Crippen molar-refractivity contribution in [1.82, 2.24) is 9.55 Å². The Morgan fingerprint density at radius 2 is 2.18 bits per heavy atom. The zero-order valence-electron chi connectivity index (χ0n) is 9.68. The Morgan fingerprint density at radius 3 is 2.88 bits per heavy atom. The Bertz CT molecular complexity index is 496. The summed E-state index contributed by atoms with van der Waals surface area (Å²) in [6.45, 7) is 2.98. The Morgan fingerprint density at radius 1 is 1.41 bits per heavy atom. The normalized spacial score (nSPS) is 12.6. The molecule has 1 heterocycles. The van der Waals surface area contributed by atoms with Gasteiger partial charge in [0.1, 0.15) is 11.9 Å². The first-order valence-corrected chi connectivity index (χ1v) is 6.47. The van der Waals surface area contributed by atoms with E-state index in [0.29, 0.717) is 5.82 Å². The van der Waals surface area contributed by atoms with Gasteiger partial charge in [0.2, 0.25) is 0 Å². The number of imidazole rings is 1. The van der Waals surface area contributed by atoms with E-state index in [1.807, 2.05) is 35.0 Å². The average Bonchev–Trinajstić information content (AvgIpc) is 2.78. The molecule has 0 radical (unpaired) electrons. The summed E-state index contributed by atoms with van der Waals surface area (Å²) in [5.41, 5.74) is 0.844. The van der Waals surface area contributed by atoms with Gasteiger partial charge in [-0.15, -0.1) is 0 Å². The van der Waals surface area contributed by atoms with Crippen molar-refractivity contribution in [1.29, 1.82) is 0 Å². The first-order chi connectivity index (χ1) is 8.24. The van der Waals surface area contributed by atoms with E-state index in [0.717, 1.165) is 23.0 Å². The quantitative estimate of drug-likeness (QED) is 0.941. The lowest BCUT2D eigenvalue weighted by Crippen LogP contribution is -2.10. The van der Waals surface area contributed by atoms with E-state index in [9.17, 15) is 5.11 Å². The number of halogens is 1. The molecule has 0 saturated carbocycles. The van der Waals surface area contributed by atoms with Crippen LogP contribution in [0.3, 0.4) is 0 Å². The van der Waals surface area contributed by atoms with Crippen LogP contribution in [0.4, 0.5) is 0 Å². The minimum Gasteiger partial charge on any atom is -0.380 e. The van der Waals surface area contributed by atoms with E-state index in [-0.39, 0.29) is 0 Å². The molecular formula is C13H15BrN2O. The SMILES string of the molecule is CCCn1ccnc1C(O)c1ccccc1Br. The molecule has 0 bridgehead atoms. The van der Waals surface area contributed by atoms with Gasteiger partial charge in [-0.25, -0.2) is 4.98 Å². The van der Waals surface area contributed by atoms with Crippen LogP contribution in [0.5, 0.6) is 0 Å². The highest BCUT2D eigenvalue weighted by molar-refractivity contribution is 9.10. The highest BCUT2D eigenvalue weighted by Gasteiger charge is 2.17. The number of aliphatic hydroxyl groups excluding tert-OH is 1. The number of benzene rings is 1. The summed E-state index contributed by atoms with van der Waals surface area (Å²) in [4.78, 5) is 4.24. The zero-order valence-corrected chi connectivity index (χ0v) is 11.3. The second kappa shape index (κ2) is 5.47. The summed E-state index contributed by atoms with van der Waals surface area (Å²) in [7, 11) is 0. The maximum atomic E-state index is 10.4. The van der Waals surface area contributed by atoms with Crippen LogP contribution in [0.1, 0.15) is 30.8 Å². The first kappa shape index (κ1) is 12.3. The number of aliphatic hydroxyl groups is 1. The van der Waals surface area contributed by atoms with Crippen LogP contribution in [0.2, 0.25) is 0 Å². The molecule has 1 unspecified atom stereocenters. The molecule has 0 fully saturated rings. The second-order valence-corrected chi connectivity index (χ2v) is 4.76. The van der Waals surface area contributed by atoms with Crippen LogP contribution in [0, 0.1) is 0 Å². The van der Waals surface area contributed by atoms with E-state index in [4.69, 9.17) is 0 Å². The molecule has 1 N–H and O–H groups in total. The van der Waals surface area contributed by atoms with Gasteiger partial charge < -0.3 is 9.67 Å². The molecule has 0 aliphatic rings. The van der Waals surface area contributed by atoms with Crippen molar-refractivity contribution in [3.8, 4) is 0 Å². The van der Waals surface area contributed by atoms with Crippen molar-refractivity contribution in [3.05, 3.63) is 52.5 Å². The van der Waals surface area contributed by atoms with Gasteiger partial charge in [0, 0.05) is 29.0 Å². The predicted octanol–water partition coefficient (Wildman–Crippen LogP) is 3.14. The molecule has 0 aliphatic carbocycles. The molecule has 3 nitrogen and oxygen atoms in total. The zero-order chi connectivity index (χ0) is 12.3. The van der Waals surface area contributed by atoms with Gasteiger partial charge in [0.25, 0.3) is 0 Å². The highest BCUT2D eigenvalue weighted by Crippen LogP contribution is 2.27. The van der Waals surface area contributed by atoms with Gasteiger partial charge >= 0.3 is 0 Å². The Labute approximate surface area is 109 Å². The predicted molar refractivity (Wildman–Crippen MR) is 70.7 cm³/mol. The van der Waals surface area contributed by atoms with Crippen molar-refractivity contribution < 1.29 is 5.11 Å². The number of aryl methyl sites for hydroxylation is 1. The van der Waals surface area contributed by atoms with Gasteiger partial charge in [-0.3, -0.25) is 0 Å². The van der Waals surface area contributed by atoms with Crippen molar-refractivity contribution in [3.63, 3.8) is 0 Å². The van der Waals surface area contributed by atoms with Gasteiger partial charge in [-0.05, 0) is 12.5 Å². The minimum atomic E-state index is -0.688. The van der Waals surface area contributed by atoms with E-state index >= 15 is 0 Å². The lowest BCUT2D eigenvalue weighted by molar-refractivity contribution is 0.203. The van der Waals surface area contributed by atoms with Crippen LogP contribution in [0.25, 0.3) is 0 Å². The lowest BCUT2D eigenvalue weighted by Gasteiger charge is -2.14. The molecule has 0 spiro atoms. The number of nitrogens with zero attached hydrogens (tertiary/aromatic N) is 2. The van der Waals surface area contributed by atoms with Crippen molar-refractivity contribution in [2.45, 2.75) is 26.0 Å². The second-order valence-electron chi connectivity index (χ2n) is 3.90. The standard InChI is InChI=1S/C13H15BrN2O/c1-2-8-16-9-7-15-13(16)12(17)10-5-3-4-6-11(10)14/h3-7,9,12,17H,2,8H2,1H3. The van der Waals surface area contributed by atoms with E-state index in [2.05, 4.69) is 27.8 Å². The monoisotopic (exact) mass is 294 g/mol. The summed E-state index contributed by atoms with van der Waals surface area (Å²) in [6.07, 6.45) is 3.96. The molecule has 2 rings (SSSR count). The number of hydrogen-bond acceptors (Lipinski definition) is 2. The summed E-state index contributed by atoms with van der Waals surface area (Å²) < 4.78 is 2.89. The number of rotatable bonds is 4. The summed E-state index contributed by atoms with van der Waals surface area (Å²) in [6, 6.07) is 7.67. The largest absolute Gasteiger partial charge is 0.380 e. The molecule has 1 aromatic carbocycles. The fourth-order valence-corrected chi connectivity index (χ4v) is 2.34. The van der Waals surface area contributed by atoms with Crippen molar-refractivity contribution >= 4 is 15.9 Å². The maximum absolute atomic E-state index is 10.4. The molecule has 0 saturated heterocycles. The Hall–Kier alpha value is -1.13. The summed E-state index contributed by atoms with van der Waals surface area (Å²) in [5, 5.41) is 10.4. The van der Waals surface area contributed by atoms with Crippen LogP contribution in [0.15, 0.2) is 41.1 Å². The van der Waals surface area contributed by atoms with Crippen LogP contribution in [-0.2, 0) is 6.54 Å². The summed E-state index contributed by atoms with van der Waals surface area (Å²) in [5.74, 6) is 0.693. The first-order valence-electron chi connectivity index (χ1n) is 5.67. The molecule has 0 aliphatic heterocycles. The van der Waals surface area contributed by atoms with Crippen LogP contribution >= 0.6 is 15.9 Å². The molecule has 17 heavy (non-hydrogen) atoms. The molecule has 0 amide bonds. The molecule has 90 valence electrons. The van der Waals surface area contributed by atoms with Crippen molar-refractivity contribution in [2.24, 2.45) is 0 Å². The van der Waals surface area contributed by atoms with E-state index < -0.39 is 6.10 Å². The Balaban J connectivity index is 2.34. The third kappa shape index (κ3) is 2.58. The smallest absolute Gasteiger partial charge is 0.142 e. The lowest BCUT2D eigenvalue weighted by atomic mass is 10.1. The molecule has 2 aromatic rings. The van der Waals surface area contributed by atoms with Gasteiger partial charge in [-0.1, -0.05) is 41.1 Å².